The van der Waals surface area contributed by atoms with Gasteiger partial charge in [-0.15, -0.1) is 0 Å². The standard InChI is InChI=1S/C10H9ClN2O2/c1-15-10(14)8-5-7(3-2-4-12)9(11)13-6-8/h5-6H,4,12H2,1H3. The summed E-state index contributed by atoms with van der Waals surface area (Å²) < 4.78 is 4.54. The molecule has 0 bridgehead atoms. The first-order chi connectivity index (χ1) is 7.19. The summed E-state index contributed by atoms with van der Waals surface area (Å²) in [6.45, 7) is 0.221. The molecule has 1 heterocycles. The molecule has 1 aromatic heterocycles. The number of hydrogen-bond acceptors (Lipinski definition) is 4. The van der Waals surface area contributed by atoms with Gasteiger partial charge in [-0.05, 0) is 6.07 Å². The Balaban J connectivity index is 3.10. The molecule has 5 heteroatoms. The minimum atomic E-state index is -0.477. The first kappa shape index (κ1) is 11.5. The highest BCUT2D eigenvalue weighted by atomic mass is 35.5. The molecule has 0 aromatic carbocycles. The molecule has 0 atom stereocenters. The van der Waals surface area contributed by atoms with Gasteiger partial charge in [0.1, 0.15) is 5.15 Å². The van der Waals surface area contributed by atoms with E-state index in [1.165, 1.54) is 19.4 Å². The molecule has 2 N–H and O–H groups in total. The molecule has 0 aliphatic rings. The minimum absolute atomic E-state index is 0.221. The summed E-state index contributed by atoms with van der Waals surface area (Å²) >= 11 is 5.77. The molecule has 0 saturated heterocycles. The van der Waals surface area contributed by atoms with Crippen molar-refractivity contribution < 1.29 is 9.53 Å². The second-order valence-corrected chi connectivity index (χ2v) is 2.92. The van der Waals surface area contributed by atoms with Crippen LogP contribution in [0.15, 0.2) is 12.3 Å². The zero-order valence-electron chi connectivity index (χ0n) is 8.08. The number of carbonyl (C=O) groups excluding carboxylic acids is 1. The highest BCUT2D eigenvalue weighted by molar-refractivity contribution is 6.30. The molecule has 4 nitrogen and oxygen atoms in total. The molecule has 1 aromatic rings. The first-order valence-corrected chi connectivity index (χ1v) is 4.49. The summed E-state index contributed by atoms with van der Waals surface area (Å²) in [4.78, 5) is 15.0. The van der Waals surface area contributed by atoms with E-state index in [0.29, 0.717) is 11.1 Å². The molecule has 0 radical (unpaired) electrons. The number of halogens is 1. The third-order valence-electron chi connectivity index (χ3n) is 1.59. The van der Waals surface area contributed by atoms with E-state index in [4.69, 9.17) is 17.3 Å². The normalized spacial score (nSPS) is 9.00. The van der Waals surface area contributed by atoms with Gasteiger partial charge in [0.05, 0.1) is 24.8 Å². The SMILES string of the molecule is COC(=O)c1cnc(Cl)c(C#CCN)c1. The van der Waals surface area contributed by atoms with Crippen molar-refractivity contribution >= 4 is 17.6 Å². The summed E-state index contributed by atoms with van der Waals surface area (Å²) in [6, 6.07) is 1.52. The van der Waals surface area contributed by atoms with Crippen LogP contribution in [-0.4, -0.2) is 24.6 Å². The Hall–Kier alpha value is -1.57. The molecule has 0 amide bonds. The van der Waals surface area contributed by atoms with Crippen LogP contribution in [0.4, 0.5) is 0 Å². The number of hydrogen-bond donors (Lipinski definition) is 1. The van der Waals surface area contributed by atoms with Gasteiger partial charge in [-0.2, -0.15) is 0 Å². The molecule has 0 aliphatic carbocycles. The lowest BCUT2D eigenvalue weighted by Crippen LogP contribution is -2.02. The van der Waals surface area contributed by atoms with Crippen LogP contribution in [0.2, 0.25) is 5.15 Å². The van der Waals surface area contributed by atoms with Crippen molar-refractivity contribution in [3.8, 4) is 11.8 Å². The summed E-state index contributed by atoms with van der Waals surface area (Å²) in [6.07, 6.45) is 1.34. The number of nitrogens with two attached hydrogens (primary N) is 1. The van der Waals surface area contributed by atoms with Crippen molar-refractivity contribution in [1.29, 1.82) is 0 Å². The zero-order chi connectivity index (χ0) is 11.3. The van der Waals surface area contributed by atoms with Crippen LogP contribution in [0, 0.1) is 11.8 Å². The molecule has 0 aliphatic heterocycles. The van der Waals surface area contributed by atoms with E-state index >= 15 is 0 Å². The van der Waals surface area contributed by atoms with Crippen LogP contribution >= 0.6 is 11.6 Å². The van der Waals surface area contributed by atoms with E-state index in [-0.39, 0.29) is 11.7 Å². The Labute approximate surface area is 92.4 Å². The highest BCUT2D eigenvalue weighted by Crippen LogP contribution is 2.13. The maximum atomic E-state index is 11.2. The maximum absolute atomic E-state index is 11.2. The van der Waals surface area contributed by atoms with Crippen LogP contribution in [0.5, 0.6) is 0 Å². The Morgan fingerprint density at radius 1 is 1.73 bits per heavy atom. The number of ether oxygens (including phenoxy) is 1. The second-order valence-electron chi connectivity index (χ2n) is 2.56. The quantitative estimate of drug-likeness (QED) is 0.436. The lowest BCUT2D eigenvalue weighted by Gasteiger charge is -2.00. The number of carbonyl (C=O) groups is 1. The fourth-order valence-corrected chi connectivity index (χ4v) is 1.06. The summed E-state index contributed by atoms with van der Waals surface area (Å²) in [5.74, 6) is 4.87. The lowest BCUT2D eigenvalue weighted by molar-refractivity contribution is 0.0600. The average Bonchev–Trinajstić information content (AvgIpc) is 2.27. The van der Waals surface area contributed by atoms with Crippen molar-refractivity contribution in [2.24, 2.45) is 5.73 Å². The molecule has 78 valence electrons. The summed E-state index contributed by atoms with van der Waals surface area (Å²) in [5, 5.41) is 0.239. The third-order valence-corrected chi connectivity index (χ3v) is 1.89. The predicted octanol–water partition coefficient (Wildman–Crippen LogP) is 0.832. The Kier molecular flexibility index (Phi) is 4.10. The number of pyridine rings is 1. The van der Waals surface area contributed by atoms with Crippen LogP contribution in [0.3, 0.4) is 0 Å². The Morgan fingerprint density at radius 2 is 2.47 bits per heavy atom. The van der Waals surface area contributed by atoms with Crippen LogP contribution in [0.25, 0.3) is 0 Å². The predicted molar refractivity (Wildman–Crippen MR) is 56.5 cm³/mol. The van der Waals surface area contributed by atoms with Gasteiger partial charge in [-0.25, -0.2) is 9.78 Å². The molecule has 0 spiro atoms. The highest BCUT2D eigenvalue weighted by Gasteiger charge is 2.08. The van der Waals surface area contributed by atoms with Crippen LogP contribution < -0.4 is 5.73 Å². The van der Waals surface area contributed by atoms with Gasteiger partial charge in [-0.3, -0.25) is 0 Å². The third kappa shape index (κ3) is 2.94. The summed E-state index contributed by atoms with van der Waals surface area (Å²) in [5.41, 5.74) is 5.99. The smallest absolute Gasteiger partial charge is 0.339 e. The minimum Gasteiger partial charge on any atom is -0.465 e. The maximum Gasteiger partial charge on any atom is 0.339 e. The van der Waals surface area contributed by atoms with Gasteiger partial charge >= 0.3 is 5.97 Å². The van der Waals surface area contributed by atoms with Crippen molar-refractivity contribution in [1.82, 2.24) is 4.98 Å². The molecule has 0 fully saturated rings. The van der Waals surface area contributed by atoms with Crippen molar-refractivity contribution in [3.05, 3.63) is 28.5 Å². The van der Waals surface area contributed by atoms with E-state index in [2.05, 4.69) is 21.6 Å². The van der Waals surface area contributed by atoms with Crippen molar-refractivity contribution in [2.45, 2.75) is 0 Å². The second kappa shape index (κ2) is 5.35. The largest absolute Gasteiger partial charge is 0.465 e. The van der Waals surface area contributed by atoms with Gasteiger partial charge in [0.15, 0.2) is 0 Å². The average molecular weight is 225 g/mol. The first-order valence-electron chi connectivity index (χ1n) is 4.12. The van der Waals surface area contributed by atoms with Gasteiger partial charge in [-0.1, -0.05) is 23.4 Å². The Morgan fingerprint density at radius 3 is 3.07 bits per heavy atom. The number of esters is 1. The topological polar surface area (TPSA) is 65.2 Å². The van der Waals surface area contributed by atoms with Gasteiger partial charge in [0, 0.05) is 6.20 Å². The fourth-order valence-electron chi connectivity index (χ4n) is 0.911. The molecular weight excluding hydrogens is 216 g/mol. The number of aromatic nitrogens is 1. The molecule has 0 saturated carbocycles. The van der Waals surface area contributed by atoms with Gasteiger partial charge in [0.2, 0.25) is 0 Å². The Bertz CT molecular complexity index is 435. The van der Waals surface area contributed by atoms with E-state index in [1.54, 1.807) is 0 Å². The van der Waals surface area contributed by atoms with E-state index in [1.807, 2.05) is 0 Å². The molecule has 15 heavy (non-hydrogen) atoms. The van der Waals surface area contributed by atoms with Gasteiger partial charge in [0.25, 0.3) is 0 Å². The molecular formula is C10H9ClN2O2. The van der Waals surface area contributed by atoms with E-state index < -0.39 is 5.97 Å². The molecule has 0 unspecified atom stereocenters. The monoisotopic (exact) mass is 224 g/mol. The molecule has 1 rings (SSSR count). The number of rotatable bonds is 1. The van der Waals surface area contributed by atoms with Crippen LogP contribution in [0.1, 0.15) is 15.9 Å². The van der Waals surface area contributed by atoms with Gasteiger partial charge < -0.3 is 10.5 Å². The summed E-state index contributed by atoms with van der Waals surface area (Å²) in [7, 11) is 1.29. The van der Waals surface area contributed by atoms with Crippen molar-refractivity contribution in [2.75, 3.05) is 13.7 Å². The number of nitrogens with zero attached hydrogens (tertiary/aromatic N) is 1. The zero-order valence-corrected chi connectivity index (χ0v) is 8.84. The van der Waals surface area contributed by atoms with E-state index in [9.17, 15) is 4.79 Å². The van der Waals surface area contributed by atoms with E-state index in [0.717, 1.165) is 0 Å². The lowest BCUT2D eigenvalue weighted by atomic mass is 10.2. The van der Waals surface area contributed by atoms with Crippen molar-refractivity contribution in [3.63, 3.8) is 0 Å². The van der Waals surface area contributed by atoms with Crippen LogP contribution in [-0.2, 0) is 4.74 Å². The number of methoxy groups -OCH3 is 1. The fraction of sp³-hybridized carbons (Fsp3) is 0.200.